The van der Waals surface area contributed by atoms with E-state index in [1.807, 2.05) is 0 Å². The molecule has 0 radical (unpaired) electrons. The fraction of sp³-hybridized carbons (Fsp3) is 0.455. The highest BCUT2D eigenvalue weighted by Gasteiger charge is 2.25. The second-order valence-corrected chi connectivity index (χ2v) is 6.63. The quantitative estimate of drug-likeness (QED) is 0.793. The lowest BCUT2D eigenvalue weighted by atomic mass is 10.1. The molecule has 8 heteroatoms. The molecule has 0 aliphatic heterocycles. The van der Waals surface area contributed by atoms with E-state index in [0.29, 0.717) is 23.9 Å². The number of alkyl halides is 1. The number of rotatable bonds is 6. The molecule has 0 aliphatic carbocycles. The molecule has 0 saturated carbocycles. The largest absolute Gasteiger partial charge is 0.246 e. The van der Waals surface area contributed by atoms with Crippen LogP contribution in [0, 0.1) is 23.4 Å². The molecule has 0 saturated heterocycles. The van der Waals surface area contributed by atoms with Crippen molar-refractivity contribution in [1.29, 1.82) is 0 Å². The number of halogens is 4. The highest BCUT2D eigenvalue weighted by atomic mass is 79.9. The molecular formula is C11H13BrF3NO2S. The fourth-order valence-electron chi connectivity index (χ4n) is 1.40. The Labute approximate surface area is 118 Å². The molecule has 1 N–H and O–H groups in total. The van der Waals surface area contributed by atoms with Crippen molar-refractivity contribution in [2.75, 3.05) is 11.9 Å². The van der Waals surface area contributed by atoms with Crippen LogP contribution in [-0.4, -0.2) is 20.3 Å². The van der Waals surface area contributed by atoms with Gasteiger partial charge in [-0.1, -0.05) is 22.9 Å². The molecule has 0 aliphatic rings. The van der Waals surface area contributed by atoms with Crippen LogP contribution in [0.1, 0.15) is 13.3 Å². The molecule has 1 rings (SSSR count). The zero-order valence-corrected chi connectivity index (χ0v) is 12.5. The Hall–Kier alpha value is -0.600. The SMILES string of the molecule is CC(CCBr)CNS(=O)(=O)c1c(F)cc(F)cc1F. The van der Waals surface area contributed by atoms with Crippen molar-refractivity contribution in [2.24, 2.45) is 5.92 Å². The Morgan fingerprint density at radius 2 is 1.79 bits per heavy atom. The predicted octanol–water partition coefficient (Wildman–Crippen LogP) is 2.80. The van der Waals surface area contributed by atoms with Crippen LogP contribution in [0.3, 0.4) is 0 Å². The van der Waals surface area contributed by atoms with Crippen molar-refractivity contribution in [1.82, 2.24) is 4.72 Å². The van der Waals surface area contributed by atoms with Gasteiger partial charge in [0.2, 0.25) is 10.0 Å². The Bertz CT molecular complexity index is 528. The van der Waals surface area contributed by atoms with Gasteiger partial charge in [0, 0.05) is 24.0 Å². The van der Waals surface area contributed by atoms with Gasteiger partial charge in [-0.05, 0) is 12.3 Å². The number of nitrogens with one attached hydrogen (secondary N) is 1. The maximum absolute atomic E-state index is 13.4. The normalized spacial score (nSPS) is 13.5. The third-order valence-corrected chi connectivity index (χ3v) is 4.39. The summed E-state index contributed by atoms with van der Waals surface area (Å²) in [7, 11) is -4.33. The minimum atomic E-state index is -4.33. The summed E-state index contributed by atoms with van der Waals surface area (Å²) in [5.74, 6) is -4.06. The molecule has 0 bridgehead atoms. The molecule has 108 valence electrons. The van der Waals surface area contributed by atoms with Crippen molar-refractivity contribution in [2.45, 2.75) is 18.2 Å². The average molecular weight is 360 g/mol. The lowest BCUT2D eigenvalue weighted by Crippen LogP contribution is -2.30. The molecule has 1 aromatic carbocycles. The Kier molecular flexibility index (Phi) is 5.82. The van der Waals surface area contributed by atoms with E-state index < -0.39 is 32.4 Å². The van der Waals surface area contributed by atoms with E-state index >= 15 is 0 Å². The second-order valence-electron chi connectivity index (χ2n) is 4.13. The Balaban J connectivity index is 2.95. The molecule has 0 spiro atoms. The van der Waals surface area contributed by atoms with Crippen LogP contribution in [0.25, 0.3) is 0 Å². The third kappa shape index (κ3) is 4.47. The van der Waals surface area contributed by atoms with Crippen molar-refractivity contribution in [3.63, 3.8) is 0 Å². The fourth-order valence-corrected chi connectivity index (χ4v) is 3.46. The summed E-state index contributed by atoms with van der Waals surface area (Å²) in [4.78, 5) is -1.15. The molecule has 0 fully saturated rings. The summed E-state index contributed by atoms with van der Waals surface area (Å²) < 4.78 is 65.1. The van der Waals surface area contributed by atoms with Crippen LogP contribution in [-0.2, 0) is 10.0 Å². The van der Waals surface area contributed by atoms with E-state index in [1.165, 1.54) is 0 Å². The Morgan fingerprint density at radius 1 is 1.26 bits per heavy atom. The third-order valence-electron chi connectivity index (χ3n) is 2.46. The van der Waals surface area contributed by atoms with E-state index in [1.54, 1.807) is 6.92 Å². The van der Waals surface area contributed by atoms with E-state index in [2.05, 4.69) is 20.7 Å². The second kappa shape index (κ2) is 6.71. The summed E-state index contributed by atoms with van der Waals surface area (Å²) in [5, 5.41) is 0.690. The van der Waals surface area contributed by atoms with Gasteiger partial charge >= 0.3 is 0 Å². The lowest BCUT2D eigenvalue weighted by molar-refractivity contribution is 0.487. The molecular weight excluding hydrogens is 347 g/mol. The van der Waals surface area contributed by atoms with Gasteiger partial charge in [0.15, 0.2) is 4.90 Å². The molecule has 1 aromatic rings. The first-order chi connectivity index (χ1) is 8.77. The molecule has 0 amide bonds. The van der Waals surface area contributed by atoms with Gasteiger partial charge in [-0.3, -0.25) is 0 Å². The van der Waals surface area contributed by atoms with Crippen LogP contribution in [0.5, 0.6) is 0 Å². The van der Waals surface area contributed by atoms with Crippen molar-refractivity contribution in [3.05, 3.63) is 29.6 Å². The predicted molar refractivity (Wildman–Crippen MR) is 69.1 cm³/mol. The van der Waals surface area contributed by atoms with Crippen molar-refractivity contribution < 1.29 is 21.6 Å². The van der Waals surface area contributed by atoms with Crippen LogP contribution in [0.15, 0.2) is 17.0 Å². The summed E-state index contributed by atoms with van der Waals surface area (Å²) in [6.45, 7) is 1.84. The number of benzene rings is 1. The van der Waals surface area contributed by atoms with Crippen molar-refractivity contribution >= 4 is 26.0 Å². The first kappa shape index (κ1) is 16.5. The van der Waals surface area contributed by atoms with Gasteiger partial charge in [-0.25, -0.2) is 26.3 Å². The van der Waals surface area contributed by atoms with Gasteiger partial charge in [0.05, 0.1) is 0 Å². The zero-order valence-electron chi connectivity index (χ0n) is 10.1. The highest BCUT2D eigenvalue weighted by Crippen LogP contribution is 2.20. The Morgan fingerprint density at radius 3 is 2.26 bits per heavy atom. The monoisotopic (exact) mass is 359 g/mol. The molecule has 3 nitrogen and oxygen atoms in total. The zero-order chi connectivity index (χ0) is 14.6. The summed E-state index contributed by atoms with van der Waals surface area (Å²) in [6.07, 6.45) is 0.705. The smallest absolute Gasteiger partial charge is 0.211 e. The standard InChI is InChI=1S/C11H13BrF3NO2S/c1-7(2-3-12)6-16-19(17,18)11-9(14)4-8(13)5-10(11)15/h4-5,7,16H,2-3,6H2,1H3. The topological polar surface area (TPSA) is 46.2 Å². The van der Waals surface area contributed by atoms with E-state index in [9.17, 15) is 21.6 Å². The molecule has 0 aromatic heterocycles. The lowest BCUT2D eigenvalue weighted by Gasteiger charge is -2.12. The minimum Gasteiger partial charge on any atom is -0.211 e. The van der Waals surface area contributed by atoms with Crippen LogP contribution in [0.4, 0.5) is 13.2 Å². The van der Waals surface area contributed by atoms with Gasteiger partial charge < -0.3 is 0 Å². The molecule has 19 heavy (non-hydrogen) atoms. The van der Waals surface area contributed by atoms with Gasteiger partial charge in [-0.15, -0.1) is 0 Å². The van der Waals surface area contributed by atoms with Crippen LogP contribution < -0.4 is 4.72 Å². The molecule has 1 atom stereocenters. The van der Waals surface area contributed by atoms with Gasteiger partial charge in [-0.2, -0.15) is 0 Å². The number of hydrogen-bond donors (Lipinski definition) is 1. The molecule has 0 heterocycles. The first-order valence-electron chi connectivity index (χ1n) is 5.48. The van der Waals surface area contributed by atoms with E-state index in [0.717, 1.165) is 0 Å². The van der Waals surface area contributed by atoms with Crippen LogP contribution >= 0.6 is 15.9 Å². The number of sulfonamides is 1. The minimum absolute atomic E-state index is 0.000667. The van der Waals surface area contributed by atoms with Gasteiger partial charge in [0.1, 0.15) is 17.5 Å². The summed E-state index contributed by atoms with van der Waals surface area (Å²) in [6, 6.07) is 0.666. The molecule has 1 unspecified atom stereocenters. The maximum atomic E-state index is 13.4. The number of hydrogen-bond acceptors (Lipinski definition) is 2. The highest BCUT2D eigenvalue weighted by molar-refractivity contribution is 9.09. The van der Waals surface area contributed by atoms with Gasteiger partial charge in [0.25, 0.3) is 0 Å². The summed E-state index contributed by atoms with van der Waals surface area (Å²) in [5.41, 5.74) is 0. The first-order valence-corrected chi connectivity index (χ1v) is 8.08. The maximum Gasteiger partial charge on any atom is 0.246 e. The van der Waals surface area contributed by atoms with E-state index in [4.69, 9.17) is 0 Å². The van der Waals surface area contributed by atoms with Crippen molar-refractivity contribution in [3.8, 4) is 0 Å². The van der Waals surface area contributed by atoms with Crippen LogP contribution in [0.2, 0.25) is 0 Å². The average Bonchev–Trinajstić information content (AvgIpc) is 2.25. The van der Waals surface area contributed by atoms with E-state index in [-0.39, 0.29) is 12.5 Å². The summed E-state index contributed by atoms with van der Waals surface area (Å²) >= 11 is 3.21.